The van der Waals surface area contributed by atoms with Gasteiger partial charge in [0.05, 0.1) is 0 Å². The third-order valence-corrected chi connectivity index (χ3v) is 2.88. The molecule has 0 atom stereocenters. The van der Waals surface area contributed by atoms with Crippen molar-refractivity contribution in [1.82, 2.24) is 14.5 Å². The maximum absolute atomic E-state index is 11.8. The standard InChI is InChI=1S/C13H11N5O/c14-8-1-3-9(4-2-8)18-6-5-10(19)11-12(15)16-7-17-13(11)18/h1-7H,14H2,(H2,15,16,17). The lowest BCUT2D eigenvalue weighted by molar-refractivity contribution is 1.05. The van der Waals surface area contributed by atoms with Crippen LogP contribution < -0.4 is 16.9 Å². The molecule has 3 aromatic rings. The van der Waals surface area contributed by atoms with E-state index in [0.717, 1.165) is 5.69 Å². The van der Waals surface area contributed by atoms with Crippen LogP contribution in [0, 0.1) is 0 Å². The number of aromatic nitrogens is 3. The van der Waals surface area contributed by atoms with Crippen molar-refractivity contribution >= 4 is 22.5 Å². The summed E-state index contributed by atoms with van der Waals surface area (Å²) in [6.07, 6.45) is 2.99. The van der Waals surface area contributed by atoms with Gasteiger partial charge in [0.15, 0.2) is 11.1 Å². The maximum Gasteiger partial charge on any atom is 0.194 e. The zero-order chi connectivity index (χ0) is 13.4. The van der Waals surface area contributed by atoms with Crippen molar-refractivity contribution in [2.75, 3.05) is 11.5 Å². The predicted molar refractivity (Wildman–Crippen MR) is 74.0 cm³/mol. The molecular formula is C13H11N5O. The highest BCUT2D eigenvalue weighted by atomic mass is 16.1. The van der Waals surface area contributed by atoms with Gasteiger partial charge in [-0.3, -0.25) is 4.79 Å². The molecule has 0 spiro atoms. The van der Waals surface area contributed by atoms with E-state index in [0.29, 0.717) is 16.7 Å². The van der Waals surface area contributed by atoms with E-state index in [9.17, 15) is 4.79 Å². The van der Waals surface area contributed by atoms with Crippen molar-refractivity contribution in [2.24, 2.45) is 0 Å². The topological polar surface area (TPSA) is 99.8 Å². The van der Waals surface area contributed by atoms with Gasteiger partial charge < -0.3 is 16.0 Å². The lowest BCUT2D eigenvalue weighted by atomic mass is 10.2. The molecule has 6 heteroatoms. The van der Waals surface area contributed by atoms with E-state index < -0.39 is 0 Å². The van der Waals surface area contributed by atoms with Crippen molar-refractivity contribution in [3.8, 4) is 5.69 Å². The number of benzene rings is 1. The van der Waals surface area contributed by atoms with Crippen LogP contribution in [0.3, 0.4) is 0 Å². The molecule has 94 valence electrons. The summed E-state index contributed by atoms with van der Waals surface area (Å²) < 4.78 is 1.77. The second kappa shape index (κ2) is 4.09. The first-order valence-electron chi connectivity index (χ1n) is 5.64. The molecule has 4 N–H and O–H groups in total. The summed E-state index contributed by atoms with van der Waals surface area (Å²) >= 11 is 0. The quantitative estimate of drug-likeness (QED) is 0.629. The lowest BCUT2D eigenvalue weighted by Gasteiger charge is -2.10. The van der Waals surface area contributed by atoms with E-state index in [1.54, 1.807) is 22.9 Å². The Balaban J connectivity index is 2.37. The van der Waals surface area contributed by atoms with Crippen molar-refractivity contribution in [3.63, 3.8) is 0 Å². The first kappa shape index (κ1) is 11.2. The molecule has 2 heterocycles. The van der Waals surface area contributed by atoms with E-state index in [4.69, 9.17) is 11.5 Å². The third kappa shape index (κ3) is 1.79. The van der Waals surface area contributed by atoms with Gasteiger partial charge in [0.2, 0.25) is 0 Å². The van der Waals surface area contributed by atoms with Crippen LogP contribution in [0.1, 0.15) is 0 Å². The number of nitrogens with two attached hydrogens (primary N) is 2. The minimum atomic E-state index is -0.195. The first-order chi connectivity index (χ1) is 9.16. The fourth-order valence-corrected chi connectivity index (χ4v) is 1.95. The molecule has 0 amide bonds. The molecule has 0 saturated heterocycles. The normalized spacial score (nSPS) is 10.7. The molecule has 0 saturated carbocycles. The fraction of sp³-hybridized carbons (Fsp3) is 0. The van der Waals surface area contributed by atoms with E-state index in [2.05, 4.69) is 9.97 Å². The Hall–Kier alpha value is -2.89. The molecule has 0 aliphatic rings. The van der Waals surface area contributed by atoms with Crippen LogP contribution in [-0.4, -0.2) is 14.5 Å². The van der Waals surface area contributed by atoms with E-state index in [1.807, 2.05) is 12.1 Å². The predicted octanol–water partition coefficient (Wildman–Crippen LogP) is 0.945. The number of hydrogen-bond donors (Lipinski definition) is 2. The molecule has 0 aliphatic heterocycles. The Morgan fingerprint density at radius 2 is 1.74 bits per heavy atom. The minimum Gasteiger partial charge on any atom is -0.399 e. The molecule has 0 aliphatic carbocycles. The number of hydrogen-bond acceptors (Lipinski definition) is 5. The molecule has 0 fully saturated rings. The van der Waals surface area contributed by atoms with E-state index in [-0.39, 0.29) is 11.2 Å². The van der Waals surface area contributed by atoms with E-state index >= 15 is 0 Å². The molecule has 19 heavy (non-hydrogen) atoms. The number of anilines is 2. The highest BCUT2D eigenvalue weighted by Gasteiger charge is 2.09. The number of pyridine rings is 1. The summed E-state index contributed by atoms with van der Waals surface area (Å²) in [5, 5.41) is 0.321. The van der Waals surface area contributed by atoms with Gasteiger partial charge in [-0.2, -0.15) is 0 Å². The van der Waals surface area contributed by atoms with E-state index in [1.165, 1.54) is 12.4 Å². The molecule has 0 bridgehead atoms. The molecule has 2 aromatic heterocycles. The smallest absolute Gasteiger partial charge is 0.194 e. The average Bonchev–Trinajstić information content (AvgIpc) is 2.41. The van der Waals surface area contributed by atoms with Crippen molar-refractivity contribution < 1.29 is 0 Å². The average molecular weight is 253 g/mol. The Morgan fingerprint density at radius 1 is 1.00 bits per heavy atom. The molecule has 3 rings (SSSR count). The largest absolute Gasteiger partial charge is 0.399 e. The second-order valence-electron chi connectivity index (χ2n) is 4.10. The zero-order valence-electron chi connectivity index (χ0n) is 9.95. The zero-order valence-corrected chi connectivity index (χ0v) is 9.95. The number of nitrogens with zero attached hydrogens (tertiary/aromatic N) is 3. The van der Waals surface area contributed by atoms with Crippen LogP contribution in [0.15, 0.2) is 47.7 Å². The van der Waals surface area contributed by atoms with Crippen LogP contribution >= 0.6 is 0 Å². The third-order valence-electron chi connectivity index (χ3n) is 2.88. The van der Waals surface area contributed by atoms with Gasteiger partial charge in [-0.1, -0.05) is 0 Å². The Labute approximate surface area is 108 Å². The van der Waals surface area contributed by atoms with Crippen LogP contribution in [0.5, 0.6) is 0 Å². The van der Waals surface area contributed by atoms with Gasteiger partial charge in [-0.25, -0.2) is 9.97 Å². The summed E-state index contributed by atoms with van der Waals surface area (Å²) in [5.74, 6) is 0.180. The van der Waals surface area contributed by atoms with Gasteiger partial charge in [0.25, 0.3) is 0 Å². The van der Waals surface area contributed by atoms with Gasteiger partial charge in [0.1, 0.15) is 17.5 Å². The Kier molecular flexibility index (Phi) is 2.42. The number of nitrogen functional groups attached to an aromatic ring is 2. The summed E-state index contributed by atoms with van der Waals surface area (Å²) in [4.78, 5) is 19.8. The van der Waals surface area contributed by atoms with Crippen LogP contribution in [0.25, 0.3) is 16.7 Å². The Morgan fingerprint density at radius 3 is 2.47 bits per heavy atom. The van der Waals surface area contributed by atoms with Crippen LogP contribution in [-0.2, 0) is 0 Å². The van der Waals surface area contributed by atoms with Crippen molar-refractivity contribution in [2.45, 2.75) is 0 Å². The monoisotopic (exact) mass is 253 g/mol. The molecule has 1 aromatic carbocycles. The summed E-state index contributed by atoms with van der Waals surface area (Å²) in [6.45, 7) is 0. The second-order valence-corrected chi connectivity index (χ2v) is 4.10. The minimum absolute atomic E-state index is 0.180. The highest BCUT2D eigenvalue weighted by molar-refractivity contribution is 5.85. The summed E-state index contributed by atoms with van der Waals surface area (Å²) in [6, 6.07) is 8.70. The summed E-state index contributed by atoms with van der Waals surface area (Å²) in [7, 11) is 0. The maximum atomic E-state index is 11.8. The molecule has 0 radical (unpaired) electrons. The van der Waals surface area contributed by atoms with Gasteiger partial charge >= 0.3 is 0 Å². The van der Waals surface area contributed by atoms with Crippen molar-refractivity contribution in [3.05, 3.63) is 53.1 Å². The summed E-state index contributed by atoms with van der Waals surface area (Å²) in [5.41, 5.74) is 13.2. The molecular weight excluding hydrogens is 242 g/mol. The lowest BCUT2D eigenvalue weighted by Crippen LogP contribution is -2.11. The SMILES string of the molecule is Nc1ccc(-n2ccc(=O)c3c(N)ncnc32)cc1. The molecule has 6 nitrogen and oxygen atoms in total. The van der Waals surface area contributed by atoms with Gasteiger partial charge in [0, 0.05) is 23.6 Å². The van der Waals surface area contributed by atoms with Crippen LogP contribution in [0.2, 0.25) is 0 Å². The number of fused-ring (bicyclic) bond motifs is 1. The van der Waals surface area contributed by atoms with Gasteiger partial charge in [-0.15, -0.1) is 0 Å². The number of rotatable bonds is 1. The molecule has 0 unspecified atom stereocenters. The fourth-order valence-electron chi connectivity index (χ4n) is 1.95. The van der Waals surface area contributed by atoms with Gasteiger partial charge in [-0.05, 0) is 24.3 Å². The first-order valence-corrected chi connectivity index (χ1v) is 5.64. The van der Waals surface area contributed by atoms with Crippen molar-refractivity contribution in [1.29, 1.82) is 0 Å². The van der Waals surface area contributed by atoms with Crippen LogP contribution in [0.4, 0.5) is 11.5 Å². The Bertz CT molecular complexity index is 807. The highest BCUT2D eigenvalue weighted by Crippen LogP contribution is 2.17.